The molecule has 4 nitrogen and oxygen atoms in total. The molecular formula is C26H34ClN3O. The first-order chi connectivity index (χ1) is 15.1. The molecule has 2 heterocycles. The minimum absolute atomic E-state index is 0.464. The number of halogens is 1. The molecule has 1 saturated heterocycles. The van der Waals surface area contributed by atoms with Crippen molar-refractivity contribution >= 4 is 22.6 Å². The van der Waals surface area contributed by atoms with Gasteiger partial charge in [0.25, 0.3) is 0 Å². The lowest BCUT2D eigenvalue weighted by molar-refractivity contribution is 0.209. The van der Waals surface area contributed by atoms with Crippen LogP contribution in [-0.2, 0) is 13.2 Å². The Balaban J connectivity index is 1.36. The summed E-state index contributed by atoms with van der Waals surface area (Å²) in [5, 5.41) is 0.718. The zero-order chi connectivity index (χ0) is 21.6. The van der Waals surface area contributed by atoms with Gasteiger partial charge >= 0.3 is 0 Å². The van der Waals surface area contributed by atoms with E-state index < -0.39 is 0 Å². The van der Waals surface area contributed by atoms with Crippen molar-refractivity contribution in [3.8, 4) is 5.75 Å². The van der Waals surface area contributed by atoms with E-state index in [2.05, 4.69) is 41.6 Å². The van der Waals surface area contributed by atoms with Crippen molar-refractivity contribution in [2.24, 2.45) is 5.92 Å². The lowest BCUT2D eigenvalue weighted by Gasteiger charge is -2.28. The first-order valence-electron chi connectivity index (χ1n) is 11.6. The molecule has 166 valence electrons. The lowest BCUT2D eigenvalue weighted by Crippen LogP contribution is -2.30. The molecule has 1 aliphatic rings. The summed E-state index contributed by atoms with van der Waals surface area (Å²) in [7, 11) is 2.24. The second-order valence-corrected chi connectivity index (χ2v) is 9.40. The van der Waals surface area contributed by atoms with Gasteiger partial charge in [-0.2, -0.15) is 0 Å². The number of aromatic nitrogens is 2. The molecule has 0 amide bonds. The molecule has 4 rings (SSSR count). The maximum atomic E-state index is 6.03. The molecule has 0 N–H and O–H groups in total. The molecule has 5 heteroatoms. The van der Waals surface area contributed by atoms with Crippen LogP contribution in [-0.4, -0.2) is 34.6 Å². The number of aryl methyl sites for hydroxylation is 2. The summed E-state index contributed by atoms with van der Waals surface area (Å²) in [4.78, 5) is 7.39. The maximum Gasteiger partial charge on any atom is 0.148 e. The number of rotatable bonds is 9. The van der Waals surface area contributed by atoms with Gasteiger partial charge in [-0.25, -0.2) is 4.98 Å². The SMILES string of the molecule is Cc1cccc2c1nc(COc1ccc(Cl)cc1)n2CCCCCC1CCN(C)CC1. The van der Waals surface area contributed by atoms with E-state index in [-0.39, 0.29) is 0 Å². The molecule has 1 aromatic heterocycles. The quantitative estimate of drug-likeness (QED) is 0.357. The molecule has 0 unspecified atom stereocenters. The van der Waals surface area contributed by atoms with Crippen LogP contribution in [0.25, 0.3) is 11.0 Å². The highest BCUT2D eigenvalue weighted by atomic mass is 35.5. The van der Waals surface area contributed by atoms with Crippen LogP contribution in [0.4, 0.5) is 0 Å². The first kappa shape index (κ1) is 22.2. The molecule has 3 aromatic rings. The van der Waals surface area contributed by atoms with Crippen LogP contribution in [0.15, 0.2) is 42.5 Å². The van der Waals surface area contributed by atoms with Gasteiger partial charge in [-0.05, 0) is 88.1 Å². The van der Waals surface area contributed by atoms with Gasteiger partial charge in [-0.1, -0.05) is 43.0 Å². The third-order valence-electron chi connectivity index (χ3n) is 6.57. The van der Waals surface area contributed by atoms with E-state index >= 15 is 0 Å². The number of hydrogen-bond donors (Lipinski definition) is 0. The van der Waals surface area contributed by atoms with Crippen LogP contribution in [0.3, 0.4) is 0 Å². The number of likely N-dealkylation sites (tertiary alicyclic amines) is 1. The van der Waals surface area contributed by atoms with Gasteiger partial charge < -0.3 is 14.2 Å². The molecule has 2 aromatic carbocycles. The molecule has 1 fully saturated rings. The minimum atomic E-state index is 0.464. The third-order valence-corrected chi connectivity index (χ3v) is 6.83. The average molecular weight is 440 g/mol. The Morgan fingerprint density at radius 2 is 1.81 bits per heavy atom. The van der Waals surface area contributed by atoms with Gasteiger partial charge in [0.05, 0.1) is 11.0 Å². The Bertz CT molecular complexity index is 974. The highest BCUT2D eigenvalue weighted by Crippen LogP contribution is 2.24. The predicted molar refractivity (Wildman–Crippen MR) is 129 cm³/mol. The molecule has 1 aliphatic heterocycles. The van der Waals surface area contributed by atoms with Crippen molar-refractivity contribution in [3.05, 3.63) is 58.9 Å². The summed E-state index contributed by atoms with van der Waals surface area (Å²) in [5.74, 6) is 2.74. The van der Waals surface area contributed by atoms with Crippen molar-refractivity contribution in [1.29, 1.82) is 0 Å². The second kappa shape index (κ2) is 10.5. The van der Waals surface area contributed by atoms with Crippen molar-refractivity contribution < 1.29 is 4.74 Å². The molecular weight excluding hydrogens is 406 g/mol. The number of piperidine rings is 1. The Kier molecular flexibility index (Phi) is 7.52. The molecule has 0 aliphatic carbocycles. The minimum Gasteiger partial charge on any atom is -0.486 e. The standard InChI is InChI=1S/C26H34ClN3O/c1-20-7-6-9-24-26(20)28-25(19-31-23-12-10-22(27)11-13-23)30(24)16-5-3-4-8-21-14-17-29(2)18-15-21/h6-7,9-13,21H,3-5,8,14-19H2,1-2H3. The number of para-hydroxylation sites is 1. The average Bonchev–Trinajstić information content (AvgIpc) is 3.13. The van der Waals surface area contributed by atoms with Crippen LogP contribution in [0, 0.1) is 12.8 Å². The molecule has 0 bridgehead atoms. The number of imidazole rings is 1. The number of nitrogens with zero attached hydrogens (tertiary/aromatic N) is 3. The summed E-state index contributed by atoms with van der Waals surface area (Å²) in [6, 6.07) is 14.0. The molecule has 0 radical (unpaired) electrons. The zero-order valence-electron chi connectivity index (χ0n) is 18.8. The molecule has 0 spiro atoms. The number of fused-ring (bicyclic) bond motifs is 1. The number of ether oxygens (including phenoxy) is 1. The van der Waals surface area contributed by atoms with E-state index in [0.29, 0.717) is 6.61 Å². The normalized spacial score (nSPS) is 15.6. The highest BCUT2D eigenvalue weighted by molar-refractivity contribution is 6.30. The summed E-state index contributed by atoms with van der Waals surface area (Å²) in [6.45, 7) is 6.12. The van der Waals surface area contributed by atoms with Crippen LogP contribution in [0.1, 0.15) is 49.9 Å². The smallest absolute Gasteiger partial charge is 0.148 e. The Hall–Kier alpha value is -2.04. The van der Waals surface area contributed by atoms with Gasteiger partial charge in [0.15, 0.2) is 0 Å². The van der Waals surface area contributed by atoms with Gasteiger partial charge in [-0.3, -0.25) is 0 Å². The third kappa shape index (κ3) is 5.81. The summed E-state index contributed by atoms with van der Waals surface area (Å²) < 4.78 is 8.38. The maximum absolute atomic E-state index is 6.03. The number of unbranched alkanes of at least 4 members (excludes halogenated alkanes) is 2. The van der Waals surface area contributed by atoms with Crippen LogP contribution in [0.2, 0.25) is 5.02 Å². The molecule has 0 saturated carbocycles. The zero-order valence-corrected chi connectivity index (χ0v) is 19.6. The second-order valence-electron chi connectivity index (χ2n) is 8.96. The van der Waals surface area contributed by atoms with Gasteiger partial charge in [0.2, 0.25) is 0 Å². The molecule has 0 atom stereocenters. The van der Waals surface area contributed by atoms with Crippen molar-refractivity contribution in [2.45, 2.75) is 58.6 Å². The first-order valence-corrected chi connectivity index (χ1v) is 12.0. The number of hydrogen-bond acceptors (Lipinski definition) is 3. The van der Waals surface area contributed by atoms with Gasteiger partial charge in [0.1, 0.15) is 18.2 Å². The summed E-state index contributed by atoms with van der Waals surface area (Å²) in [5.41, 5.74) is 3.51. The van der Waals surface area contributed by atoms with Gasteiger partial charge in [0, 0.05) is 11.6 Å². The fraction of sp³-hybridized carbons (Fsp3) is 0.500. The fourth-order valence-electron chi connectivity index (χ4n) is 4.60. The molecule has 31 heavy (non-hydrogen) atoms. The Morgan fingerprint density at radius 1 is 1.03 bits per heavy atom. The van der Waals surface area contributed by atoms with E-state index in [1.54, 1.807) is 0 Å². The monoisotopic (exact) mass is 439 g/mol. The lowest BCUT2D eigenvalue weighted by atomic mass is 9.91. The fourth-order valence-corrected chi connectivity index (χ4v) is 4.73. The van der Waals surface area contributed by atoms with E-state index in [0.717, 1.165) is 34.6 Å². The van der Waals surface area contributed by atoms with Crippen molar-refractivity contribution in [3.63, 3.8) is 0 Å². The Morgan fingerprint density at radius 3 is 2.58 bits per heavy atom. The van der Waals surface area contributed by atoms with Crippen LogP contribution >= 0.6 is 11.6 Å². The summed E-state index contributed by atoms with van der Waals surface area (Å²) >= 11 is 5.99. The number of benzene rings is 2. The van der Waals surface area contributed by atoms with E-state index in [1.165, 1.54) is 62.7 Å². The van der Waals surface area contributed by atoms with Crippen LogP contribution in [0.5, 0.6) is 5.75 Å². The van der Waals surface area contributed by atoms with E-state index in [4.69, 9.17) is 21.3 Å². The Labute approximate surface area is 191 Å². The summed E-state index contributed by atoms with van der Waals surface area (Å²) in [6.07, 6.45) is 7.90. The van der Waals surface area contributed by atoms with E-state index in [9.17, 15) is 0 Å². The topological polar surface area (TPSA) is 30.3 Å². The predicted octanol–water partition coefficient (Wildman–Crippen LogP) is 6.48. The highest BCUT2D eigenvalue weighted by Gasteiger charge is 2.16. The van der Waals surface area contributed by atoms with Gasteiger partial charge in [-0.15, -0.1) is 0 Å². The van der Waals surface area contributed by atoms with E-state index in [1.807, 2.05) is 24.3 Å². The van der Waals surface area contributed by atoms with Crippen molar-refractivity contribution in [1.82, 2.24) is 14.5 Å². The van der Waals surface area contributed by atoms with Crippen molar-refractivity contribution in [2.75, 3.05) is 20.1 Å². The van der Waals surface area contributed by atoms with Crippen LogP contribution < -0.4 is 4.74 Å². The largest absolute Gasteiger partial charge is 0.486 e.